The van der Waals surface area contributed by atoms with Crippen LogP contribution in [0.3, 0.4) is 0 Å². The maximum absolute atomic E-state index is 12.5. The van der Waals surface area contributed by atoms with Crippen molar-refractivity contribution in [3.05, 3.63) is 35.4 Å². The van der Waals surface area contributed by atoms with E-state index in [4.69, 9.17) is 9.47 Å². The minimum absolute atomic E-state index is 0.165. The Balaban J connectivity index is 1.18. The Morgan fingerprint density at radius 1 is 1.15 bits per heavy atom. The van der Waals surface area contributed by atoms with Crippen molar-refractivity contribution in [3.63, 3.8) is 0 Å². The van der Waals surface area contributed by atoms with Gasteiger partial charge in [-0.3, -0.25) is 9.69 Å². The number of nitrogens with zero attached hydrogens (tertiary/aromatic N) is 1. The van der Waals surface area contributed by atoms with Crippen LogP contribution in [0.1, 0.15) is 50.5 Å². The molecule has 5 nitrogen and oxygen atoms in total. The van der Waals surface area contributed by atoms with Crippen molar-refractivity contribution in [2.75, 3.05) is 26.4 Å². The van der Waals surface area contributed by atoms with Gasteiger partial charge in [0.15, 0.2) is 11.5 Å². The fourth-order valence-electron chi connectivity index (χ4n) is 4.27. The Morgan fingerprint density at radius 2 is 2.00 bits per heavy atom. The van der Waals surface area contributed by atoms with Gasteiger partial charge in [-0.15, -0.1) is 0 Å². The second-order valence-corrected chi connectivity index (χ2v) is 7.89. The molecule has 0 aromatic heterocycles. The molecule has 1 aliphatic carbocycles. The highest BCUT2D eigenvalue weighted by Crippen LogP contribution is 2.33. The van der Waals surface area contributed by atoms with Gasteiger partial charge >= 0.3 is 0 Å². The van der Waals surface area contributed by atoms with Crippen molar-refractivity contribution in [3.8, 4) is 11.5 Å². The minimum Gasteiger partial charge on any atom is -0.454 e. The highest BCUT2D eigenvalue weighted by atomic mass is 16.7. The van der Waals surface area contributed by atoms with E-state index in [9.17, 15) is 4.79 Å². The van der Waals surface area contributed by atoms with Crippen molar-refractivity contribution < 1.29 is 14.3 Å². The molecule has 5 heteroatoms. The van der Waals surface area contributed by atoms with Crippen LogP contribution in [-0.4, -0.2) is 37.2 Å². The molecule has 0 radical (unpaired) electrons. The predicted octanol–water partition coefficient (Wildman–Crippen LogP) is 3.63. The van der Waals surface area contributed by atoms with E-state index in [0.717, 1.165) is 56.9 Å². The number of amides is 1. The first-order valence-corrected chi connectivity index (χ1v) is 10.3. The SMILES string of the molecule is O=C(NCCC1=CCCCC1)C1CCN(Cc2ccc3c(c2)OCO3)CC1. The molecule has 2 aliphatic heterocycles. The Labute approximate surface area is 161 Å². The lowest BCUT2D eigenvalue weighted by molar-refractivity contribution is -0.126. The number of hydrogen-bond donors (Lipinski definition) is 1. The number of carbonyl (C=O) groups is 1. The summed E-state index contributed by atoms with van der Waals surface area (Å²) < 4.78 is 10.8. The van der Waals surface area contributed by atoms with E-state index < -0.39 is 0 Å². The first-order chi connectivity index (χ1) is 13.3. The number of piperidine rings is 1. The Bertz CT molecular complexity index is 693. The summed E-state index contributed by atoms with van der Waals surface area (Å²) in [6.45, 7) is 3.95. The monoisotopic (exact) mass is 370 g/mol. The molecule has 0 atom stereocenters. The molecule has 1 fully saturated rings. The van der Waals surface area contributed by atoms with Crippen molar-refractivity contribution in [2.45, 2.75) is 51.5 Å². The number of hydrogen-bond acceptors (Lipinski definition) is 4. The molecule has 0 spiro atoms. The molecular formula is C22H30N2O3. The van der Waals surface area contributed by atoms with Crippen LogP contribution in [0, 0.1) is 5.92 Å². The Hall–Kier alpha value is -2.01. The van der Waals surface area contributed by atoms with Gasteiger partial charge in [-0.1, -0.05) is 17.7 Å². The van der Waals surface area contributed by atoms with Crippen LogP contribution in [0.2, 0.25) is 0 Å². The summed E-state index contributed by atoms with van der Waals surface area (Å²) in [7, 11) is 0. The number of nitrogens with one attached hydrogen (secondary N) is 1. The molecule has 3 aliphatic rings. The summed E-state index contributed by atoms with van der Waals surface area (Å²) in [6.07, 6.45) is 10.3. The van der Waals surface area contributed by atoms with E-state index in [-0.39, 0.29) is 11.8 Å². The third kappa shape index (κ3) is 4.83. The van der Waals surface area contributed by atoms with Gasteiger partial charge in [-0.25, -0.2) is 0 Å². The lowest BCUT2D eigenvalue weighted by Crippen LogP contribution is -2.40. The second-order valence-electron chi connectivity index (χ2n) is 7.89. The normalized spacial score (nSPS) is 20.4. The second kappa shape index (κ2) is 8.79. The number of carbonyl (C=O) groups excluding carboxylic acids is 1. The molecule has 1 saturated heterocycles. The molecule has 1 N–H and O–H groups in total. The minimum atomic E-state index is 0.165. The number of ether oxygens (including phenoxy) is 2. The van der Waals surface area contributed by atoms with E-state index in [2.05, 4.69) is 28.4 Å². The van der Waals surface area contributed by atoms with Crippen molar-refractivity contribution in [1.29, 1.82) is 0 Å². The molecule has 27 heavy (non-hydrogen) atoms. The van der Waals surface area contributed by atoms with E-state index in [0.29, 0.717) is 6.79 Å². The molecule has 0 unspecified atom stereocenters. The van der Waals surface area contributed by atoms with Crippen molar-refractivity contribution in [1.82, 2.24) is 10.2 Å². The first kappa shape index (κ1) is 18.4. The Morgan fingerprint density at radius 3 is 2.81 bits per heavy atom. The van der Waals surface area contributed by atoms with E-state index in [1.54, 1.807) is 0 Å². The number of rotatable bonds is 6. The van der Waals surface area contributed by atoms with Gasteiger partial charge in [0, 0.05) is 19.0 Å². The number of allylic oxidation sites excluding steroid dienone is 1. The van der Waals surface area contributed by atoms with Gasteiger partial charge in [-0.2, -0.15) is 0 Å². The molecule has 1 amide bonds. The lowest BCUT2D eigenvalue weighted by Gasteiger charge is -2.31. The average molecular weight is 370 g/mol. The fourth-order valence-corrected chi connectivity index (χ4v) is 4.27. The summed E-state index contributed by atoms with van der Waals surface area (Å²) in [6, 6.07) is 6.16. The number of likely N-dealkylation sites (tertiary alicyclic amines) is 1. The largest absolute Gasteiger partial charge is 0.454 e. The molecule has 0 bridgehead atoms. The molecule has 2 heterocycles. The summed E-state index contributed by atoms with van der Waals surface area (Å²) in [5.41, 5.74) is 2.77. The van der Waals surface area contributed by atoms with E-state index in [1.807, 2.05) is 6.07 Å². The lowest BCUT2D eigenvalue weighted by atomic mass is 9.95. The van der Waals surface area contributed by atoms with E-state index in [1.165, 1.54) is 36.8 Å². The van der Waals surface area contributed by atoms with Crippen LogP contribution in [0.15, 0.2) is 29.8 Å². The summed E-state index contributed by atoms with van der Waals surface area (Å²) in [4.78, 5) is 14.9. The Kier molecular flexibility index (Phi) is 5.97. The van der Waals surface area contributed by atoms with Crippen LogP contribution < -0.4 is 14.8 Å². The van der Waals surface area contributed by atoms with Crippen molar-refractivity contribution >= 4 is 5.91 Å². The average Bonchev–Trinajstić information content (AvgIpc) is 3.17. The molecule has 4 rings (SSSR count). The van der Waals surface area contributed by atoms with Gasteiger partial charge in [0.25, 0.3) is 0 Å². The summed E-state index contributed by atoms with van der Waals surface area (Å²) in [5, 5.41) is 3.16. The maximum Gasteiger partial charge on any atom is 0.231 e. The number of benzene rings is 1. The maximum atomic E-state index is 12.5. The zero-order chi connectivity index (χ0) is 18.5. The van der Waals surface area contributed by atoms with Gasteiger partial charge < -0.3 is 14.8 Å². The van der Waals surface area contributed by atoms with Crippen LogP contribution in [0.5, 0.6) is 11.5 Å². The summed E-state index contributed by atoms with van der Waals surface area (Å²) >= 11 is 0. The standard InChI is InChI=1S/C22H30N2O3/c25-22(23-11-8-17-4-2-1-3-5-17)19-9-12-24(13-10-19)15-18-6-7-20-21(14-18)27-16-26-20/h4,6-7,14,19H,1-3,5,8-13,15-16H2,(H,23,25). The van der Waals surface area contributed by atoms with Gasteiger partial charge in [0.2, 0.25) is 12.7 Å². The van der Waals surface area contributed by atoms with Gasteiger partial charge in [0.05, 0.1) is 0 Å². The van der Waals surface area contributed by atoms with Gasteiger partial charge in [-0.05, 0) is 75.7 Å². The fraction of sp³-hybridized carbons (Fsp3) is 0.591. The quantitative estimate of drug-likeness (QED) is 0.777. The van der Waals surface area contributed by atoms with Crippen LogP contribution in [0.4, 0.5) is 0 Å². The van der Waals surface area contributed by atoms with Crippen LogP contribution in [-0.2, 0) is 11.3 Å². The molecule has 0 saturated carbocycles. The molecular weight excluding hydrogens is 340 g/mol. The smallest absolute Gasteiger partial charge is 0.231 e. The van der Waals surface area contributed by atoms with Crippen molar-refractivity contribution in [2.24, 2.45) is 5.92 Å². The molecule has 1 aromatic rings. The third-order valence-corrected chi connectivity index (χ3v) is 5.93. The highest BCUT2D eigenvalue weighted by molar-refractivity contribution is 5.78. The topological polar surface area (TPSA) is 50.8 Å². The van der Waals surface area contributed by atoms with Crippen LogP contribution in [0.25, 0.3) is 0 Å². The predicted molar refractivity (Wildman–Crippen MR) is 105 cm³/mol. The number of fused-ring (bicyclic) bond motifs is 1. The van der Waals surface area contributed by atoms with E-state index >= 15 is 0 Å². The third-order valence-electron chi connectivity index (χ3n) is 5.93. The van der Waals surface area contributed by atoms with Crippen LogP contribution >= 0.6 is 0 Å². The van der Waals surface area contributed by atoms with Gasteiger partial charge in [0.1, 0.15) is 0 Å². The zero-order valence-corrected chi connectivity index (χ0v) is 16.0. The first-order valence-electron chi connectivity index (χ1n) is 10.3. The summed E-state index contributed by atoms with van der Waals surface area (Å²) in [5.74, 6) is 2.08. The highest BCUT2D eigenvalue weighted by Gasteiger charge is 2.25. The molecule has 1 aromatic carbocycles. The molecule has 146 valence electrons. The zero-order valence-electron chi connectivity index (χ0n) is 16.0.